The van der Waals surface area contributed by atoms with Gasteiger partial charge in [-0.05, 0) is 20.3 Å². The molecule has 0 aromatic carbocycles. The predicted molar refractivity (Wildman–Crippen MR) is 114 cm³/mol. The number of hydrogen-bond acceptors (Lipinski definition) is 6. The number of hydrogen-bond donors (Lipinski definition) is 3. The van der Waals surface area contributed by atoms with Gasteiger partial charge < -0.3 is 15.3 Å². The standard InChI is InChI=1S/C23H42O6/c1-4-5-6-7-8-9-10-11-12-13-14-15-16-17-20(26)22(28)23(29,19(3)25)21(27)18(2)24/h21-22,27-29H,4-17H2,1-3H3. The van der Waals surface area contributed by atoms with Gasteiger partial charge in [0.2, 0.25) is 0 Å². The van der Waals surface area contributed by atoms with Crippen LogP contribution in [0.25, 0.3) is 0 Å². The van der Waals surface area contributed by atoms with Gasteiger partial charge in [-0.25, -0.2) is 0 Å². The molecule has 0 saturated carbocycles. The van der Waals surface area contributed by atoms with Crippen molar-refractivity contribution >= 4 is 17.3 Å². The topological polar surface area (TPSA) is 112 Å². The van der Waals surface area contributed by atoms with E-state index in [0.29, 0.717) is 6.42 Å². The maximum atomic E-state index is 12.1. The molecule has 0 heterocycles. The second kappa shape index (κ2) is 15.7. The number of rotatable bonds is 19. The minimum absolute atomic E-state index is 0.000852. The summed E-state index contributed by atoms with van der Waals surface area (Å²) in [5.74, 6) is -2.62. The Kier molecular flexibility index (Phi) is 15.1. The zero-order valence-corrected chi connectivity index (χ0v) is 18.6. The number of ketones is 3. The van der Waals surface area contributed by atoms with Crippen LogP contribution in [0.2, 0.25) is 0 Å². The van der Waals surface area contributed by atoms with Crippen molar-refractivity contribution in [3.63, 3.8) is 0 Å². The molecule has 0 radical (unpaired) electrons. The van der Waals surface area contributed by atoms with Gasteiger partial charge in [0.05, 0.1) is 0 Å². The van der Waals surface area contributed by atoms with Gasteiger partial charge >= 0.3 is 0 Å². The molecule has 29 heavy (non-hydrogen) atoms. The zero-order chi connectivity index (χ0) is 22.3. The predicted octanol–water partition coefficient (Wildman–Crippen LogP) is 3.67. The van der Waals surface area contributed by atoms with E-state index in [1.54, 1.807) is 0 Å². The number of unbranched alkanes of at least 4 members (excludes halogenated alkanes) is 12. The molecule has 6 heteroatoms. The third-order valence-electron chi connectivity index (χ3n) is 5.61. The van der Waals surface area contributed by atoms with Crippen LogP contribution in [0.4, 0.5) is 0 Å². The fourth-order valence-electron chi connectivity index (χ4n) is 3.54. The van der Waals surface area contributed by atoms with Crippen LogP contribution in [0.5, 0.6) is 0 Å². The number of aliphatic hydroxyl groups is 3. The summed E-state index contributed by atoms with van der Waals surface area (Å²) < 4.78 is 0. The lowest BCUT2D eigenvalue weighted by Gasteiger charge is -2.32. The highest BCUT2D eigenvalue weighted by molar-refractivity contribution is 6.00. The molecule has 0 aliphatic heterocycles. The number of aliphatic hydroxyl groups excluding tert-OH is 2. The SMILES string of the molecule is CCCCCCCCCCCCCCCC(=O)C(O)C(O)(C(C)=O)C(O)C(C)=O. The Labute approximate surface area is 176 Å². The third-order valence-corrected chi connectivity index (χ3v) is 5.61. The highest BCUT2D eigenvalue weighted by Crippen LogP contribution is 2.22. The van der Waals surface area contributed by atoms with Crippen molar-refractivity contribution < 1.29 is 29.7 Å². The third kappa shape index (κ3) is 10.5. The average Bonchev–Trinajstić information content (AvgIpc) is 2.69. The summed E-state index contributed by atoms with van der Waals surface area (Å²) in [4.78, 5) is 35.1. The molecule has 0 aromatic rings. The lowest BCUT2D eigenvalue weighted by Crippen LogP contribution is -2.62. The van der Waals surface area contributed by atoms with E-state index in [1.807, 2.05) is 0 Å². The highest BCUT2D eigenvalue weighted by atomic mass is 16.4. The Bertz CT molecular complexity index is 490. The number of carbonyl (C=O) groups is 3. The molecular weight excluding hydrogens is 372 g/mol. The van der Waals surface area contributed by atoms with Gasteiger partial charge in [0.15, 0.2) is 35.2 Å². The van der Waals surface area contributed by atoms with E-state index in [4.69, 9.17) is 0 Å². The Morgan fingerprint density at radius 3 is 1.41 bits per heavy atom. The molecule has 0 fully saturated rings. The highest BCUT2D eigenvalue weighted by Gasteiger charge is 2.51. The molecule has 3 unspecified atom stereocenters. The van der Waals surface area contributed by atoms with E-state index < -0.39 is 35.2 Å². The van der Waals surface area contributed by atoms with Gasteiger partial charge in [-0.2, -0.15) is 0 Å². The molecule has 3 N–H and O–H groups in total. The van der Waals surface area contributed by atoms with Gasteiger partial charge in [0, 0.05) is 6.42 Å². The average molecular weight is 415 g/mol. The van der Waals surface area contributed by atoms with Crippen LogP contribution in [0.3, 0.4) is 0 Å². The molecule has 0 saturated heterocycles. The summed E-state index contributed by atoms with van der Waals surface area (Å²) in [5.41, 5.74) is -2.78. The van der Waals surface area contributed by atoms with Gasteiger partial charge in [0.25, 0.3) is 0 Å². The molecule has 0 aromatic heterocycles. The maximum absolute atomic E-state index is 12.1. The van der Waals surface area contributed by atoms with E-state index in [0.717, 1.165) is 33.1 Å². The quantitative estimate of drug-likeness (QED) is 0.278. The maximum Gasteiger partial charge on any atom is 0.188 e. The molecule has 0 aliphatic rings. The first kappa shape index (κ1) is 27.9. The van der Waals surface area contributed by atoms with Crippen molar-refractivity contribution in [2.75, 3.05) is 0 Å². The summed E-state index contributed by atoms with van der Waals surface area (Å²) in [6, 6.07) is 0. The van der Waals surface area contributed by atoms with Crippen LogP contribution in [0, 0.1) is 0 Å². The fourth-order valence-corrected chi connectivity index (χ4v) is 3.54. The molecule has 170 valence electrons. The van der Waals surface area contributed by atoms with Crippen molar-refractivity contribution in [1.82, 2.24) is 0 Å². The largest absolute Gasteiger partial charge is 0.382 e. The van der Waals surface area contributed by atoms with Crippen molar-refractivity contribution in [3.05, 3.63) is 0 Å². The Balaban J connectivity index is 3.95. The molecular formula is C23H42O6. The minimum atomic E-state index is -2.78. The summed E-state index contributed by atoms with van der Waals surface area (Å²) in [5, 5.41) is 30.2. The molecule has 0 bridgehead atoms. The summed E-state index contributed by atoms with van der Waals surface area (Å²) in [6.45, 7) is 4.15. The molecule has 0 spiro atoms. The molecule has 3 atom stereocenters. The fraction of sp³-hybridized carbons (Fsp3) is 0.870. The van der Waals surface area contributed by atoms with Gasteiger partial charge in [-0.1, -0.05) is 84.0 Å². The summed E-state index contributed by atoms with van der Waals surface area (Å²) in [7, 11) is 0. The molecule has 0 rings (SSSR count). The van der Waals surface area contributed by atoms with Gasteiger partial charge in [0.1, 0.15) is 0 Å². The summed E-state index contributed by atoms with van der Waals surface area (Å²) >= 11 is 0. The van der Waals surface area contributed by atoms with Crippen LogP contribution < -0.4 is 0 Å². The van der Waals surface area contributed by atoms with Crippen molar-refractivity contribution in [1.29, 1.82) is 0 Å². The van der Waals surface area contributed by atoms with Crippen LogP contribution in [-0.4, -0.2) is 50.5 Å². The van der Waals surface area contributed by atoms with E-state index in [1.165, 1.54) is 57.8 Å². The van der Waals surface area contributed by atoms with Crippen LogP contribution in [0.15, 0.2) is 0 Å². The van der Waals surface area contributed by atoms with Crippen LogP contribution in [-0.2, 0) is 14.4 Å². The molecule has 0 aliphatic carbocycles. The van der Waals surface area contributed by atoms with E-state index in [-0.39, 0.29) is 6.42 Å². The number of carbonyl (C=O) groups excluding carboxylic acids is 3. The van der Waals surface area contributed by atoms with Crippen LogP contribution >= 0.6 is 0 Å². The van der Waals surface area contributed by atoms with Crippen molar-refractivity contribution in [2.45, 2.75) is 128 Å². The first-order valence-electron chi connectivity index (χ1n) is 11.3. The monoisotopic (exact) mass is 414 g/mol. The second-order valence-corrected chi connectivity index (χ2v) is 8.26. The van der Waals surface area contributed by atoms with E-state index in [2.05, 4.69) is 6.92 Å². The smallest absolute Gasteiger partial charge is 0.188 e. The zero-order valence-electron chi connectivity index (χ0n) is 18.6. The van der Waals surface area contributed by atoms with Crippen molar-refractivity contribution in [3.8, 4) is 0 Å². The minimum Gasteiger partial charge on any atom is -0.382 e. The van der Waals surface area contributed by atoms with E-state index in [9.17, 15) is 29.7 Å². The Morgan fingerprint density at radius 2 is 1.07 bits per heavy atom. The normalized spacial score (nSPS) is 15.5. The Hall–Kier alpha value is -1.11. The molecule has 6 nitrogen and oxygen atoms in total. The first-order chi connectivity index (χ1) is 13.7. The first-order valence-corrected chi connectivity index (χ1v) is 11.3. The van der Waals surface area contributed by atoms with Gasteiger partial charge in [-0.15, -0.1) is 0 Å². The lowest BCUT2D eigenvalue weighted by molar-refractivity contribution is -0.179. The Morgan fingerprint density at radius 1 is 0.690 bits per heavy atom. The van der Waals surface area contributed by atoms with E-state index >= 15 is 0 Å². The van der Waals surface area contributed by atoms with Crippen molar-refractivity contribution in [2.24, 2.45) is 0 Å². The van der Waals surface area contributed by atoms with Crippen LogP contribution in [0.1, 0.15) is 111 Å². The second-order valence-electron chi connectivity index (χ2n) is 8.26. The van der Waals surface area contributed by atoms with Gasteiger partial charge in [-0.3, -0.25) is 14.4 Å². The number of Topliss-reactive ketones (excluding diaryl/α,β-unsaturated/α-hetero) is 3. The summed E-state index contributed by atoms with van der Waals surface area (Å²) in [6.07, 6.45) is 10.9. The lowest BCUT2D eigenvalue weighted by atomic mass is 9.81. The molecule has 0 amide bonds.